The quantitative estimate of drug-likeness (QED) is 0.0588. The summed E-state index contributed by atoms with van der Waals surface area (Å²) < 4.78 is 11.1. The molecule has 0 spiro atoms. The Morgan fingerprint density at radius 1 is 0.740 bits per heavy atom. The van der Waals surface area contributed by atoms with E-state index in [9.17, 15) is 54.0 Å². The van der Waals surface area contributed by atoms with Gasteiger partial charge in [0.15, 0.2) is 6.29 Å². The largest absolute Gasteiger partial charge is 0.480 e. The number of nitrogens with one attached hydrogen (secondary N) is 6. The minimum Gasteiger partial charge on any atom is -0.480 e. The molecule has 22 heteroatoms. The van der Waals surface area contributed by atoms with Crippen molar-refractivity contribution in [3.05, 3.63) is 0 Å². The number of hydrogen-bond donors (Lipinski definition) is 13. The van der Waals surface area contributed by atoms with Crippen LogP contribution in [0.5, 0.6) is 0 Å². The minimum atomic E-state index is -1.78. The molecule has 1 saturated heterocycles. The molecule has 0 aromatic heterocycles. The van der Waals surface area contributed by atoms with E-state index in [0.717, 1.165) is 13.8 Å². The molecule has 1 aliphatic heterocycles. The summed E-state index contributed by atoms with van der Waals surface area (Å²) in [6.07, 6.45) is -6.44. The highest BCUT2D eigenvalue weighted by Crippen LogP contribution is 2.22. The van der Waals surface area contributed by atoms with Crippen LogP contribution in [-0.2, 0) is 43.0 Å². The molecule has 22 nitrogen and oxygen atoms in total. The first-order valence-corrected chi connectivity index (χ1v) is 15.5. The van der Waals surface area contributed by atoms with Crippen molar-refractivity contribution >= 4 is 41.4 Å². The summed E-state index contributed by atoms with van der Waals surface area (Å²) in [4.78, 5) is 87.4. The second kappa shape index (κ2) is 20.6. The Labute approximate surface area is 286 Å². The highest BCUT2D eigenvalue weighted by atomic mass is 16.7. The summed E-state index contributed by atoms with van der Waals surface area (Å²) in [5.41, 5.74) is 5.45. The fourth-order valence-corrected chi connectivity index (χ4v) is 4.37. The topological polar surface area (TPSA) is 358 Å². The van der Waals surface area contributed by atoms with E-state index in [1.165, 1.54) is 20.8 Å². The number of aliphatic hydroxyl groups excluding tert-OH is 5. The van der Waals surface area contributed by atoms with Gasteiger partial charge in [-0.1, -0.05) is 13.8 Å². The number of hydrogen-bond acceptors (Lipinski definition) is 15. The van der Waals surface area contributed by atoms with Crippen molar-refractivity contribution in [1.82, 2.24) is 31.9 Å². The highest BCUT2D eigenvalue weighted by molar-refractivity contribution is 5.96. The highest BCUT2D eigenvalue weighted by Gasteiger charge is 2.46. The zero-order chi connectivity index (χ0) is 38.5. The Kier molecular flexibility index (Phi) is 18.1. The molecule has 0 aliphatic carbocycles. The molecule has 0 saturated carbocycles. The SMILES string of the molecule is CC(=O)N[C@H]1[C@H](OC[C@H](NC(=O)[C@@H](NC(=O)[C@H](C)NC(=O)[C@@H](N)CO)C(C)C)C(=O)N[C@@H](CO)C(=O)N[C@@H](C)C(=O)O)O[C@H](CO)[C@@H](O)[C@@H]1O. The number of rotatable bonds is 19. The van der Waals surface area contributed by atoms with E-state index in [1.807, 2.05) is 0 Å². The fraction of sp³-hybridized carbons (Fsp3) is 0.750. The van der Waals surface area contributed by atoms with Gasteiger partial charge in [0, 0.05) is 6.92 Å². The first kappa shape index (κ1) is 44.0. The van der Waals surface area contributed by atoms with Crippen molar-refractivity contribution < 1.29 is 73.7 Å². The summed E-state index contributed by atoms with van der Waals surface area (Å²) in [7, 11) is 0. The van der Waals surface area contributed by atoms with Gasteiger partial charge in [0.05, 0.1) is 26.4 Å². The molecule has 6 amide bonds. The van der Waals surface area contributed by atoms with Gasteiger partial charge in [-0.25, -0.2) is 0 Å². The average Bonchev–Trinajstić information content (AvgIpc) is 3.05. The molecule has 1 rings (SSSR count). The number of aliphatic carboxylic acids is 1. The Morgan fingerprint density at radius 2 is 1.30 bits per heavy atom. The predicted molar refractivity (Wildman–Crippen MR) is 167 cm³/mol. The molecule has 11 atom stereocenters. The lowest BCUT2D eigenvalue weighted by Crippen LogP contribution is -2.65. The van der Waals surface area contributed by atoms with Gasteiger partial charge in [-0.2, -0.15) is 0 Å². The van der Waals surface area contributed by atoms with Crippen LogP contribution in [0.25, 0.3) is 0 Å². The maximum Gasteiger partial charge on any atom is 0.325 e. The van der Waals surface area contributed by atoms with Gasteiger partial charge in [0.2, 0.25) is 35.4 Å². The molecular formula is C28H49N7O15. The average molecular weight is 724 g/mol. The molecule has 14 N–H and O–H groups in total. The van der Waals surface area contributed by atoms with E-state index in [1.54, 1.807) is 0 Å². The van der Waals surface area contributed by atoms with Crippen LogP contribution in [0.2, 0.25) is 0 Å². The van der Waals surface area contributed by atoms with Gasteiger partial charge < -0.3 is 77.7 Å². The normalized spacial score (nSPS) is 24.0. The molecule has 50 heavy (non-hydrogen) atoms. The second-order valence-corrected chi connectivity index (χ2v) is 11.9. The molecule has 0 aromatic rings. The molecule has 1 heterocycles. The Hall–Kier alpha value is -4.03. The third-order valence-corrected chi connectivity index (χ3v) is 7.39. The molecule has 1 aliphatic rings. The van der Waals surface area contributed by atoms with Crippen molar-refractivity contribution in [3.63, 3.8) is 0 Å². The zero-order valence-electron chi connectivity index (χ0n) is 28.2. The number of nitrogens with two attached hydrogens (primary N) is 1. The smallest absolute Gasteiger partial charge is 0.325 e. The maximum atomic E-state index is 13.5. The third-order valence-electron chi connectivity index (χ3n) is 7.39. The molecule has 1 fully saturated rings. The van der Waals surface area contributed by atoms with Gasteiger partial charge in [-0.3, -0.25) is 33.6 Å². The monoisotopic (exact) mass is 723 g/mol. The van der Waals surface area contributed by atoms with E-state index >= 15 is 0 Å². The van der Waals surface area contributed by atoms with Crippen LogP contribution in [0.3, 0.4) is 0 Å². The van der Waals surface area contributed by atoms with Crippen LogP contribution in [0.4, 0.5) is 0 Å². The van der Waals surface area contributed by atoms with E-state index < -0.39 is 141 Å². The van der Waals surface area contributed by atoms with Crippen molar-refractivity contribution in [1.29, 1.82) is 0 Å². The van der Waals surface area contributed by atoms with Crippen molar-refractivity contribution in [2.45, 2.75) is 102 Å². The van der Waals surface area contributed by atoms with Gasteiger partial charge in [-0.15, -0.1) is 0 Å². The molecule has 286 valence electrons. The summed E-state index contributed by atoms with van der Waals surface area (Å²) in [6, 6.07) is -10.3. The summed E-state index contributed by atoms with van der Waals surface area (Å²) >= 11 is 0. The lowest BCUT2D eigenvalue weighted by molar-refractivity contribution is -0.271. The number of amides is 6. The first-order chi connectivity index (χ1) is 23.3. The van der Waals surface area contributed by atoms with Crippen molar-refractivity contribution in [2.24, 2.45) is 11.7 Å². The number of carboxylic acids is 1. The Balaban J connectivity index is 3.34. The Morgan fingerprint density at radius 3 is 1.80 bits per heavy atom. The van der Waals surface area contributed by atoms with Crippen LogP contribution in [0.1, 0.15) is 34.6 Å². The van der Waals surface area contributed by atoms with E-state index in [4.69, 9.17) is 25.4 Å². The van der Waals surface area contributed by atoms with Gasteiger partial charge in [0.1, 0.15) is 60.6 Å². The van der Waals surface area contributed by atoms with E-state index in [0.29, 0.717) is 0 Å². The molecule has 0 aromatic carbocycles. The van der Waals surface area contributed by atoms with Crippen molar-refractivity contribution in [3.8, 4) is 0 Å². The number of ether oxygens (including phenoxy) is 2. The molecule has 0 radical (unpaired) electrons. The van der Waals surface area contributed by atoms with Crippen LogP contribution >= 0.6 is 0 Å². The minimum absolute atomic E-state index is 0.646. The van der Waals surface area contributed by atoms with Gasteiger partial charge in [0.25, 0.3) is 0 Å². The predicted octanol–water partition coefficient (Wildman–Crippen LogP) is -7.54. The number of aliphatic hydroxyl groups is 5. The molecule has 0 bridgehead atoms. The van der Waals surface area contributed by atoms with Gasteiger partial charge in [-0.05, 0) is 19.8 Å². The molecule has 0 unspecified atom stereocenters. The number of carbonyl (C=O) groups excluding carboxylic acids is 6. The van der Waals surface area contributed by atoms with Crippen LogP contribution in [0.15, 0.2) is 0 Å². The lowest BCUT2D eigenvalue weighted by atomic mass is 9.97. The second-order valence-electron chi connectivity index (χ2n) is 11.9. The van der Waals surface area contributed by atoms with E-state index in [2.05, 4.69) is 31.9 Å². The summed E-state index contributed by atoms with van der Waals surface area (Å²) in [6.45, 7) is 3.21. The number of carbonyl (C=O) groups is 7. The van der Waals surface area contributed by atoms with Gasteiger partial charge >= 0.3 is 5.97 Å². The number of carboxylic acid groups (broad SMARTS) is 1. The first-order valence-electron chi connectivity index (χ1n) is 15.5. The van der Waals surface area contributed by atoms with Crippen LogP contribution < -0.4 is 37.6 Å². The summed E-state index contributed by atoms with van der Waals surface area (Å²) in [5, 5.41) is 71.9. The van der Waals surface area contributed by atoms with Crippen LogP contribution in [-0.4, -0.2) is 165 Å². The fourth-order valence-electron chi connectivity index (χ4n) is 4.37. The van der Waals surface area contributed by atoms with E-state index in [-0.39, 0.29) is 0 Å². The third kappa shape index (κ3) is 13.0. The standard InChI is InChI=1S/C28H49N7O15/c1-10(2)18(35-22(42)11(3)30-23(43)14(29)6-36)26(46)34-16(25(45)33-15(7-37)24(44)31-12(4)27(47)48)9-49-28-19(32-13(5)39)21(41)20(40)17(8-38)50-28/h10-12,14-21,28,36-38,40-41H,6-9,29H2,1-5H3,(H,30,43)(H,31,44)(H,32,39)(H,33,45)(H,34,46)(H,35,42)(H,47,48)/t11-,12-,14-,15-,16-,17+,18-,19+,20+,21+,28+/m0/s1. The van der Waals surface area contributed by atoms with Crippen LogP contribution in [0, 0.1) is 5.92 Å². The van der Waals surface area contributed by atoms with Crippen molar-refractivity contribution in [2.75, 3.05) is 26.4 Å². The maximum absolute atomic E-state index is 13.5. The Bertz CT molecular complexity index is 1210. The molecular weight excluding hydrogens is 674 g/mol. The lowest BCUT2D eigenvalue weighted by Gasteiger charge is -2.42. The summed E-state index contributed by atoms with van der Waals surface area (Å²) in [5.74, 6) is -7.71. The zero-order valence-corrected chi connectivity index (χ0v) is 28.2.